The summed E-state index contributed by atoms with van der Waals surface area (Å²) in [6, 6.07) is 14.3. The van der Waals surface area contributed by atoms with Gasteiger partial charge < -0.3 is 24.1 Å². The van der Waals surface area contributed by atoms with Crippen LogP contribution in [0.15, 0.2) is 54.7 Å². The summed E-state index contributed by atoms with van der Waals surface area (Å²) in [5.41, 5.74) is 3.40. The summed E-state index contributed by atoms with van der Waals surface area (Å²) in [6.07, 6.45) is 7.91. The minimum atomic E-state index is -0.459. The topological polar surface area (TPSA) is 61.7 Å². The van der Waals surface area contributed by atoms with E-state index in [0.29, 0.717) is 6.54 Å². The number of amides is 1. The molecule has 176 valence electrons. The second kappa shape index (κ2) is 10.9. The van der Waals surface area contributed by atoms with Crippen LogP contribution in [0.4, 0.5) is 4.79 Å². The SMILES string of the molecule is COc1ccc2c(c1)C=CC2.COc1ccc2c(ccn2CCCNC(=O)OC(C)(C)C)c1. The van der Waals surface area contributed by atoms with Gasteiger partial charge in [0.25, 0.3) is 0 Å². The fourth-order valence-electron chi connectivity index (χ4n) is 3.61. The fourth-order valence-corrected chi connectivity index (χ4v) is 3.61. The van der Waals surface area contributed by atoms with Crippen molar-refractivity contribution >= 4 is 23.1 Å². The lowest BCUT2D eigenvalue weighted by Crippen LogP contribution is -2.33. The van der Waals surface area contributed by atoms with Gasteiger partial charge in [0.2, 0.25) is 0 Å². The lowest BCUT2D eigenvalue weighted by Gasteiger charge is -2.19. The van der Waals surface area contributed by atoms with Crippen molar-refractivity contribution in [2.24, 2.45) is 0 Å². The molecule has 3 aromatic rings. The number of aromatic nitrogens is 1. The Morgan fingerprint density at radius 3 is 2.48 bits per heavy atom. The molecule has 1 aliphatic rings. The van der Waals surface area contributed by atoms with E-state index in [1.165, 1.54) is 11.1 Å². The Morgan fingerprint density at radius 1 is 1.03 bits per heavy atom. The summed E-state index contributed by atoms with van der Waals surface area (Å²) in [5.74, 6) is 1.80. The van der Waals surface area contributed by atoms with Gasteiger partial charge in [-0.1, -0.05) is 18.2 Å². The molecule has 0 fully saturated rings. The summed E-state index contributed by atoms with van der Waals surface area (Å²) in [5, 5.41) is 3.93. The van der Waals surface area contributed by atoms with E-state index in [1.807, 2.05) is 39.0 Å². The largest absolute Gasteiger partial charge is 0.497 e. The first kappa shape index (κ1) is 24.2. The number of carbonyl (C=O) groups excluding carboxylic acids is 1. The van der Waals surface area contributed by atoms with Crippen molar-refractivity contribution in [2.45, 2.75) is 45.8 Å². The maximum absolute atomic E-state index is 11.5. The predicted octanol–water partition coefficient (Wildman–Crippen LogP) is 5.83. The first-order valence-corrected chi connectivity index (χ1v) is 11.2. The van der Waals surface area contributed by atoms with Crippen LogP contribution in [0.1, 0.15) is 38.3 Å². The highest BCUT2D eigenvalue weighted by molar-refractivity contribution is 5.81. The van der Waals surface area contributed by atoms with Gasteiger partial charge in [-0.25, -0.2) is 4.79 Å². The van der Waals surface area contributed by atoms with Crippen molar-refractivity contribution < 1.29 is 19.0 Å². The highest BCUT2D eigenvalue weighted by Gasteiger charge is 2.15. The number of hydrogen-bond donors (Lipinski definition) is 1. The van der Waals surface area contributed by atoms with Crippen LogP contribution in [0.2, 0.25) is 0 Å². The van der Waals surface area contributed by atoms with E-state index in [4.69, 9.17) is 14.2 Å². The van der Waals surface area contributed by atoms with Crippen molar-refractivity contribution in [2.75, 3.05) is 20.8 Å². The van der Waals surface area contributed by atoms with E-state index in [1.54, 1.807) is 14.2 Å². The zero-order valence-corrected chi connectivity index (χ0v) is 20.2. The summed E-state index contributed by atoms with van der Waals surface area (Å²) in [4.78, 5) is 11.5. The Balaban J connectivity index is 0.000000231. The number of nitrogens with zero attached hydrogens (tertiary/aromatic N) is 1. The van der Waals surface area contributed by atoms with Crippen LogP contribution in [-0.4, -0.2) is 37.0 Å². The standard InChI is InChI=1S/C17H24N2O3.C10H10O/c1-17(2,3)22-16(20)18-9-5-10-19-11-8-13-12-14(21-4)6-7-15(13)19;1-11-10-6-5-8-3-2-4-9(8)7-10/h6-8,11-12H,5,9-10H2,1-4H3,(H,18,20);2,4-7H,3H2,1H3. The number of alkyl carbamates (subject to hydrolysis) is 1. The quantitative estimate of drug-likeness (QED) is 0.480. The van der Waals surface area contributed by atoms with E-state index in [0.717, 1.165) is 41.8 Å². The molecule has 6 nitrogen and oxygen atoms in total. The second-order valence-electron chi connectivity index (χ2n) is 8.89. The number of allylic oxidation sites excluding steroid dienone is 1. The van der Waals surface area contributed by atoms with Crippen molar-refractivity contribution in [1.29, 1.82) is 0 Å². The zero-order valence-electron chi connectivity index (χ0n) is 20.2. The molecule has 33 heavy (non-hydrogen) atoms. The monoisotopic (exact) mass is 450 g/mol. The van der Waals surface area contributed by atoms with E-state index < -0.39 is 5.60 Å². The first-order valence-electron chi connectivity index (χ1n) is 11.2. The van der Waals surface area contributed by atoms with Crippen LogP contribution in [0.25, 0.3) is 17.0 Å². The van der Waals surface area contributed by atoms with Gasteiger partial charge in [-0.05, 0) is 81.1 Å². The molecule has 6 heteroatoms. The fraction of sp³-hybridized carbons (Fsp3) is 0.370. The molecule has 0 radical (unpaired) electrons. The van der Waals surface area contributed by atoms with Crippen molar-refractivity contribution in [3.05, 3.63) is 65.9 Å². The number of benzene rings is 2. The Morgan fingerprint density at radius 2 is 1.76 bits per heavy atom. The third-order valence-corrected chi connectivity index (χ3v) is 5.21. The van der Waals surface area contributed by atoms with Gasteiger partial charge in [-0.15, -0.1) is 0 Å². The minimum absolute atomic E-state index is 0.366. The number of aryl methyl sites for hydroxylation is 1. The van der Waals surface area contributed by atoms with Gasteiger partial charge >= 0.3 is 6.09 Å². The molecule has 0 saturated carbocycles. The predicted molar refractivity (Wildman–Crippen MR) is 133 cm³/mol. The number of rotatable bonds is 6. The van der Waals surface area contributed by atoms with Crippen LogP contribution in [-0.2, 0) is 17.7 Å². The van der Waals surface area contributed by atoms with Crippen LogP contribution in [0.3, 0.4) is 0 Å². The van der Waals surface area contributed by atoms with Crippen LogP contribution in [0.5, 0.6) is 11.5 Å². The van der Waals surface area contributed by atoms with Crippen molar-refractivity contribution in [1.82, 2.24) is 9.88 Å². The van der Waals surface area contributed by atoms with Gasteiger partial charge in [-0.2, -0.15) is 0 Å². The molecule has 2 aromatic carbocycles. The Kier molecular flexibility index (Phi) is 8.04. The third-order valence-electron chi connectivity index (χ3n) is 5.21. The molecule has 1 amide bonds. The summed E-state index contributed by atoms with van der Waals surface area (Å²) in [6.45, 7) is 6.99. The molecule has 0 atom stereocenters. The molecule has 4 rings (SSSR count). The van der Waals surface area contributed by atoms with Crippen molar-refractivity contribution in [3.8, 4) is 11.5 Å². The van der Waals surface area contributed by atoms with Crippen LogP contribution >= 0.6 is 0 Å². The van der Waals surface area contributed by atoms with E-state index in [9.17, 15) is 4.79 Å². The van der Waals surface area contributed by atoms with Gasteiger partial charge in [0.15, 0.2) is 0 Å². The number of nitrogens with one attached hydrogen (secondary N) is 1. The minimum Gasteiger partial charge on any atom is -0.497 e. The molecular formula is C27H34N2O4. The highest BCUT2D eigenvalue weighted by Crippen LogP contribution is 2.24. The molecule has 0 spiro atoms. The van der Waals surface area contributed by atoms with Crippen LogP contribution < -0.4 is 14.8 Å². The maximum Gasteiger partial charge on any atom is 0.407 e. The molecular weight excluding hydrogens is 416 g/mol. The Bertz CT molecular complexity index is 1110. The molecule has 1 aromatic heterocycles. The number of ether oxygens (including phenoxy) is 3. The van der Waals surface area contributed by atoms with Crippen molar-refractivity contribution in [3.63, 3.8) is 0 Å². The Hall–Kier alpha value is -3.41. The lowest BCUT2D eigenvalue weighted by molar-refractivity contribution is 0.0526. The van der Waals surface area contributed by atoms with E-state index in [2.05, 4.69) is 52.5 Å². The highest BCUT2D eigenvalue weighted by atomic mass is 16.6. The number of methoxy groups -OCH3 is 2. The molecule has 1 N–H and O–H groups in total. The number of hydrogen-bond acceptors (Lipinski definition) is 4. The van der Waals surface area contributed by atoms with Crippen LogP contribution in [0, 0.1) is 0 Å². The average Bonchev–Trinajstić information content (AvgIpc) is 3.41. The maximum atomic E-state index is 11.5. The molecule has 1 aliphatic carbocycles. The van der Waals surface area contributed by atoms with Gasteiger partial charge in [0.1, 0.15) is 17.1 Å². The molecule has 0 unspecified atom stereocenters. The smallest absolute Gasteiger partial charge is 0.407 e. The Labute approximate surface area is 196 Å². The van der Waals surface area contributed by atoms with E-state index >= 15 is 0 Å². The van der Waals surface area contributed by atoms with Gasteiger partial charge in [0.05, 0.1) is 14.2 Å². The molecule has 0 bridgehead atoms. The molecule has 0 saturated heterocycles. The summed E-state index contributed by atoms with van der Waals surface area (Å²) < 4.78 is 17.7. The third kappa shape index (κ3) is 7.04. The summed E-state index contributed by atoms with van der Waals surface area (Å²) >= 11 is 0. The molecule has 0 aliphatic heterocycles. The second-order valence-corrected chi connectivity index (χ2v) is 8.89. The number of carbonyl (C=O) groups is 1. The number of fused-ring (bicyclic) bond motifs is 2. The first-order chi connectivity index (χ1) is 15.8. The lowest BCUT2D eigenvalue weighted by atomic mass is 10.1. The summed E-state index contributed by atoms with van der Waals surface area (Å²) in [7, 11) is 3.36. The van der Waals surface area contributed by atoms with Gasteiger partial charge in [0, 0.05) is 30.2 Å². The molecule has 1 heterocycles. The van der Waals surface area contributed by atoms with Gasteiger partial charge in [-0.3, -0.25) is 0 Å². The zero-order chi connectivity index (χ0) is 23.8. The normalized spacial score (nSPS) is 12.0. The van der Waals surface area contributed by atoms with E-state index in [-0.39, 0.29) is 6.09 Å². The average molecular weight is 451 g/mol.